The van der Waals surface area contributed by atoms with Crippen molar-refractivity contribution in [1.82, 2.24) is 15.6 Å². The Hall–Kier alpha value is -2.11. The quantitative estimate of drug-likeness (QED) is 0.482. The van der Waals surface area contributed by atoms with Crippen LogP contribution in [0.15, 0.2) is 29.5 Å². The highest BCUT2D eigenvalue weighted by atomic mass is 16.2. The van der Waals surface area contributed by atoms with E-state index in [0.717, 1.165) is 0 Å². The highest BCUT2D eigenvalue weighted by Gasteiger charge is 1.99. The number of urea groups is 1. The first-order valence-corrected chi connectivity index (χ1v) is 4.51. The summed E-state index contributed by atoms with van der Waals surface area (Å²) in [6.45, 7) is 2.35. The Kier molecular flexibility index (Phi) is 4.08. The van der Waals surface area contributed by atoms with E-state index in [2.05, 4.69) is 20.6 Å². The SMILES string of the molecule is CCNC(=O)NC(N)=Nc1cccnc1. The van der Waals surface area contributed by atoms with Gasteiger partial charge in [0.2, 0.25) is 5.96 Å². The van der Waals surface area contributed by atoms with Crippen molar-refractivity contribution in [3.63, 3.8) is 0 Å². The molecule has 0 fully saturated rings. The molecule has 0 bridgehead atoms. The first kappa shape index (κ1) is 11.0. The molecule has 4 N–H and O–H groups in total. The predicted octanol–water partition coefficient (Wildman–Crippen LogP) is 0.347. The van der Waals surface area contributed by atoms with E-state index in [9.17, 15) is 4.79 Å². The largest absolute Gasteiger partial charge is 0.369 e. The zero-order valence-electron chi connectivity index (χ0n) is 8.40. The van der Waals surface area contributed by atoms with Crippen molar-refractivity contribution in [3.05, 3.63) is 24.5 Å². The van der Waals surface area contributed by atoms with Gasteiger partial charge in [0.15, 0.2) is 0 Å². The van der Waals surface area contributed by atoms with Crippen molar-refractivity contribution < 1.29 is 4.79 Å². The first-order chi connectivity index (χ1) is 7.22. The van der Waals surface area contributed by atoms with Crippen LogP contribution in [-0.2, 0) is 0 Å². The van der Waals surface area contributed by atoms with Gasteiger partial charge in [-0.05, 0) is 19.1 Å². The Labute approximate surface area is 87.6 Å². The van der Waals surface area contributed by atoms with Crippen LogP contribution in [0.5, 0.6) is 0 Å². The Morgan fingerprint density at radius 3 is 3.07 bits per heavy atom. The number of rotatable bonds is 2. The topological polar surface area (TPSA) is 92.4 Å². The second-order valence-electron chi connectivity index (χ2n) is 2.69. The minimum Gasteiger partial charge on any atom is -0.369 e. The zero-order chi connectivity index (χ0) is 11.1. The fourth-order valence-electron chi connectivity index (χ4n) is 0.908. The maximum Gasteiger partial charge on any atom is 0.321 e. The molecule has 0 aliphatic heterocycles. The first-order valence-electron chi connectivity index (χ1n) is 4.51. The molecule has 1 aromatic heterocycles. The lowest BCUT2D eigenvalue weighted by Crippen LogP contribution is -2.43. The highest BCUT2D eigenvalue weighted by Crippen LogP contribution is 2.06. The van der Waals surface area contributed by atoms with Gasteiger partial charge >= 0.3 is 6.03 Å². The number of guanidine groups is 1. The molecule has 1 aromatic rings. The molecular formula is C9H13N5O. The fourth-order valence-corrected chi connectivity index (χ4v) is 0.908. The standard InChI is InChI=1S/C9H13N5O/c1-2-12-9(15)14-8(10)13-7-4-3-5-11-6-7/h3-6H,2H2,1H3,(H4,10,12,13,14,15). The van der Waals surface area contributed by atoms with Crippen LogP contribution < -0.4 is 16.4 Å². The van der Waals surface area contributed by atoms with Crippen LogP contribution in [0, 0.1) is 0 Å². The number of aliphatic imine (C=N–C) groups is 1. The van der Waals surface area contributed by atoms with Gasteiger partial charge in [-0.25, -0.2) is 9.79 Å². The lowest BCUT2D eigenvalue weighted by Gasteiger charge is -2.04. The molecule has 0 radical (unpaired) electrons. The van der Waals surface area contributed by atoms with Crippen molar-refractivity contribution in [2.45, 2.75) is 6.92 Å². The zero-order valence-corrected chi connectivity index (χ0v) is 8.40. The lowest BCUT2D eigenvalue weighted by molar-refractivity contribution is 0.245. The summed E-state index contributed by atoms with van der Waals surface area (Å²) in [6, 6.07) is 3.10. The van der Waals surface area contributed by atoms with Crippen molar-refractivity contribution in [2.24, 2.45) is 10.7 Å². The van der Waals surface area contributed by atoms with Gasteiger partial charge in [0, 0.05) is 12.7 Å². The number of nitrogens with zero attached hydrogens (tertiary/aromatic N) is 2. The van der Waals surface area contributed by atoms with Crippen molar-refractivity contribution in [2.75, 3.05) is 6.54 Å². The van der Waals surface area contributed by atoms with E-state index in [1.807, 2.05) is 6.92 Å². The summed E-state index contributed by atoms with van der Waals surface area (Å²) in [5.74, 6) is 0.0361. The molecule has 0 aromatic carbocycles. The van der Waals surface area contributed by atoms with Gasteiger partial charge in [0.1, 0.15) is 0 Å². The van der Waals surface area contributed by atoms with Gasteiger partial charge in [0.25, 0.3) is 0 Å². The number of aromatic nitrogens is 1. The van der Waals surface area contributed by atoms with Crippen LogP contribution >= 0.6 is 0 Å². The van der Waals surface area contributed by atoms with Crippen LogP contribution in [0.4, 0.5) is 10.5 Å². The Morgan fingerprint density at radius 2 is 2.47 bits per heavy atom. The second kappa shape index (κ2) is 5.58. The molecule has 1 heterocycles. The molecule has 0 aliphatic carbocycles. The van der Waals surface area contributed by atoms with E-state index >= 15 is 0 Å². The number of pyridine rings is 1. The Bertz CT molecular complexity index is 349. The summed E-state index contributed by atoms with van der Waals surface area (Å²) in [7, 11) is 0. The summed E-state index contributed by atoms with van der Waals surface area (Å²) in [6.07, 6.45) is 3.18. The highest BCUT2D eigenvalue weighted by molar-refractivity contribution is 5.96. The minimum absolute atomic E-state index is 0.0361. The van der Waals surface area contributed by atoms with Crippen LogP contribution in [0.25, 0.3) is 0 Å². The van der Waals surface area contributed by atoms with Gasteiger partial charge in [-0.3, -0.25) is 10.3 Å². The summed E-state index contributed by atoms with van der Waals surface area (Å²) in [5, 5.41) is 4.91. The normalized spacial score (nSPS) is 10.9. The summed E-state index contributed by atoms with van der Waals surface area (Å²) < 4.78 is 0. The fraction of sp³-hybridized carbons (Fsp3) is 0.222. The molecule has 2 amide bonds. The Balaban J connectivity index is 2.57. The lowest BCUT2D eigenvalue weighted by atomic mass is 10.4. The van der Waals surface area contributed by atoms with E-state index < -0.39 is 0 Å². The van der Waals surface area contributed by atoms with Gasteiger partial charge in [0.05, 0.1) is 11.9 Å². The van der Waals surface area contributed by atoms with Crippen LogP contribution in [-0.4, -0.2) is 23.5 Å². The summed E-state index contributed by atoms with van der Waals surface area (Å²) in [4.78, 5) is 18.8. The van der Waals surface area contributed by atoms with Crippen LogP contribution in [0.2, 0.25) is 0 Å². The Morgan fingerprint density at radius 1 is 1.67 bits per heavy atom. The molecule has 15 heavy (non-hydrogen) atoms. The average Bonchev–Trinajstić information content (AvgIpc) is 2.19. The number of carbonyl (C=O) groups excluding carboxylic acids is 1. The molecule has 80 valence electrons. The van der Waals surface area contributed by atoms with Crippen molar-refractivity contribution >= 4 is 17.7 Å². The molecule has 6 nitrogen and oxygen atoms in total. The third-order valence-corrected chi connectivity index (χ3v) is 1.47. The van der Waals surface area contributed by atoms with Crippen molar-refractivity contribution in [1.29, 1.82) is 0 Å². The summed E-state index contributed by atoms with van der Waals surface area (Å²) in [5.41, 5.74) is 6.08. The number of hydrogen-bond acceptors (Lipinski definition) is 3. The van der Waals surface area contributed by atoms with Crippen LogP contribution in [0.1, 0.15) is 6.92 Å². The van der Waals surface area contributed by atoms with E-state index in [1.165, 1.54) is 0 Å². The van der Waals surface area contributed by atoms with E-state index in [0.29, 0.717) is 12.2 Å². The molecule has 0 saturated heterocycles. The minimum atomic E-state index is -0.373. The molecule has 6 heteroatoms. The van der Waals surface area contributed by atoms with E-state index in [4.69, 9.17) is 5.73 Å². The maximum absolute atomic E-state index is 11.0. The number of amides is 2. The van der Waals surface area contributed by atoms with Gasteiger partial charge in [-0.15, -0.1) is 0 Å². The van der Waals surface area contributed by atoms with Gasteiger partial charge < -0.3 is 11.1 Å². The van der Waals surface area contributed by atoms with Crippen LogP contribution in [0.3, 0.4) is 0 Å². The van der Waals surface area contributed by atoms with Gasteiger partial charge in [-0.1, -0.05) is 0 Å². The molecule has 0 atom stereocenters. The van der Waals surface area contributed by atoms with Gasteiger partial charge in [-0.2, -0.15) is 0 Å². The number of nitrogens with two attached hydrogens (primary N) is 1. The number of hydrogen-bond donors (Lipinski definition) is 3. The van der Waals surface area contributed by atoms with E-state index in [-0.39, 0.29) is 12.0 Å². The molecule has 0 spiro atoms. The number of carbonyl (C=O) groups is 1. The molecule has 0 saturated carbocycles. The maximum atomic E-state index is 11.0. The van der Waals surface area contributed by atoms with Crippen molar-refractivity contribution in [3.8, 4) is 0 Å². The monoisotopic (exact) mass is 207 g/mol. The average molecular weight is 207 g/mol. The third-order valence-electron chi connectivity index (χ3n) is 1.47. The number of nitrogens with one attached hydrogen (secondary N) is 2. The van der Waals surface area contributed by atoms with E-state index in [1.54, 1.807) is 24.5 Å². The third kappa shape index (κ3) is 4.08. The molecule has 0 aliphatic rings. The molecule has 1 rings (SSSR count). The molecule has 0 unspecified atom stereocenters. The predicted molar refractivity (Wildman–Crippen MR) is 57.7 cm³/mol. The molecular weight excluding hydrogens is 194 g/mol. The summed E-state index contributed by atoms with van der Waals surface area (Å²) >= 11 is 0. The smallest absolute Gasteiger partial charge is 0.321 e. The second-order valence-corrected chi connectivity index (χ2v) is 2.69.